The van der Waals surface area contributed by atoms with Gasteiger partial charge in [-0.15, -0.1) is 11.3 Å². The Labute approximate surface area is 174 Å². The Morgan fingerprint density at radius 2 is 1.79 bits per heavy atom. The van der Waals surface area contributed by atoms with E-state index in [0.29, 0.717) is 16.0 Å². The van der Waals surface area contributed by atoms with Gasteiger partial charge in [0.15, 0.2) is 0 Å². The maximum absolute atomic E-state index is 13.8. The summed E-state index contributed by atoms with van der Waals surface area (Å²) < 4.78 is 43.3. The van der Waals surface area contributed by atoms with Crippen molar-refractivity contribution in [3.8, 4) is 0 Å². The second-order valence-corrected chi connectivity index (χ2v) is 9.91. The van der Waals surface area contributed by atoms with E-state index in [-0.39, 0.29) is 9.77 Å². The van der Waals surface area contributed by atoms with Gasteiger partial charge in [0, 0.05) is 9.35 Å². The first-order valence-electron chi connectivity index (χ1n) is 8.11. The predicted octanol–water partition coefficient (Wildman–Crippen LogP) is 4.12. The van der Waals surface area contributed by atoms with Crippen LogP contribution >= 0.6 is 27.3 Å². The number of rotatable bonds is 6. The van der Waals surface area contributed by atoms with Crippen molar-refractivity contribution in [3.05, 3.63) is 85.8 Å². The molecular formula is C19H16BrFN2O3S2. The van der Waals surface area contributed by atoms with Crippen LogP contribution in [-0.2, 0) is 10.0 Å². The van der Waals surface area contributed by atoms with Crippen molar-refractivity contribution in [2.24, 2.45) is 5.73 Å². The molecule has 1 aromatic heterocycles. The smallest absolute Gasteiger partial charge is 0.258 e. The van der Waals surface area contributed by atoms with Crippen LogP contribution in [0.1, 0.15) is 31.7 Å². The van der Waals surface area contributed by atoms with E-state index in [0.717, 1.165) is 15.8 Å². The summed E-state index contributed by atoms with van der Waals surface area (Å²) in [5, 5.41) is 0. The third-order valence-corrected chi connectivity index (χ3v) is 7.28. The van der Waals surface area contributed by atoms with Crippen molar-refractivity contribution in [2.75, 3.05) is 0 Å². The monoisotopic (exact) mass is 482 g/mol. The van der Waals surface area contributed by atoms with Gasteiger partial charge in [-0.2, -0.15) is 4.72 Å². The number of carbonyl (C=O) groups excluding carboxylic acids is 1. The van der Waals surface area contributed by atoms with Gasteiger partial charge in [-0.05, 0) is 48.4 Å². The zero-order chi connectivity index (χ0) is 20.5. The molecule has 3 N–H and O–H groups in total. The molecule has 3 aromatic rings. The summed E-state index contributed by atoms with van der Waals surface area (Å²) in [6.45, 7) is 1.60. The molecule has 3 rings (SSSR count). The first-order valence-corrected chi connectivity index (χ1v) is 11.2. The zero-order valence-electron chi connectivity index (χ0n) is 14.6. The molecule has 1 amide bonds. The van der Waals surface area contributed by atoms with Gasteiger partial charge in [0.2, 0.25) is 10.0 Å². The fraction of sp³-hybridized carbons (Fsp3) is 0.105. The third kappa shape index (κ3) is 4.49. The van der Waals surface area contributed by atoms with Crippen molar-refractivity contribution >= 4 is 43.2 Å². The maximum Gasteiger partial charge on any atom is 0.258 e. The highest BCUT2D eigenvalue weighted by Gasteiger charge is 2.27. The molecular weight excluding hydrogens is 467 g/mol. The highest BCUT2D eigenvalue weighted by molar-refractivity contribution is 9.10. The van der Waals surface area contributed by atoms with Gasteiger partial charge in [0.1, 0.15) is 5.82 Å². The summed E-state index contributed by atoms with van der Waals surface area (Å²) in [5.74, 6) is -1.16. The van der Waals surface area contributed by atoms with Crippen molar-refractivity contribution in [2.45, 2.75) is 17.9 Å². The van der Waals surface area contributed by atoms with Crippen LogP contribution in [0.5, 0.6) is 0 Å². The van der Waals surface area contributed by atoms with Gasteiger partial charge in [0.05, 0.1) is 15.8 Å². The molecule has 28 heavy (non-hydrogen) atoms. The minimum Gasteiger partial charge on any atom is -0.365 e. The molecule has 0 saturated heterocycles. The van der Waals surface area contributed by atoms with Crippen LogP contribution in [0.25, 0.3) is 0 Å². The number of thiophene rings is 1. The Hall–Kier alpha value is -2.07. The van der Waals surface area contributed by atoms with Crippen LogP contribution in [0.15, 0.2) is 64.0 Å². The number of hydrogen-bond donors (Lipinski definition) is 2. The third-order valence-electron chi connectivity index (χ3n) is 4.04. The van der Waals surface area contributed by atoms with Gasteiger partial charge in [0.25, 0.3) is 5.91 Å². The molecule has 0 spiro atoms. The lowest BCUT2D eigenvalue weighted by molar-refractivity contribution is 0.100. The van der Waals surface area contributed by atoms with Crippen molar-refractivity contribution in [3.63, 3.8) is 0 Å². The molecule has 1 atom stereocenters. The first-order chi connectivity index (χ1) is 13.2. The van der Waals surface area contributed by atoms with Gasteiger partial charge < -0.3 is 5.73 Å². The molecule has 0 radical (unpaired) electrons. The number of aryl methyl sites for hydroxylation is 1. The van der Waals surface area contributed by atoms with Crippen molar-refractivity contribution in [1.29, 1.82) is 0 Å². The van der Waals surface area contributed by atoms with Crippen LogP contribution in [0.4, 0.5) is 4.39 Å². The molecule has 146 valence electrons. The van der Waals surface area contributed by atoms with Crippen molar-refractivity contribution in [1.82, 2.24) is 4.72 Å². The fourth-order valence-electron chi connectivity index (χ4n) is 2.77. The van der Waals surface area contributed by atoms with Crippen molar-refractivity contribution < 1.29 is 17.6 Å². The van der Waals surface area contributed by atoms with Crippen LogP contribution in [-0.4, -0.2) is 14.3 Å². The molecule has 0 fully saturated rings. The number of nitrogens with one attached hydrogen (secondary N) is 1. The van der Waals surface area contributed by atoms with E-state index in [1.165, 1.54) is 24.3 Å². The molecule has 0 bridgehead atoms. The second-order valence-electron chi connectivity index (χ2n) is 6.06. The number of hydrogen-bond acceptors (Lipinski definition) is 4. The summed E-state index contributed by atoms with van der Waals surface area (Å²) in [6.07, 6.45) is 0. The number of benzene rings is 2. The lowest BCUT2D eigenvalue weighted by Crippen LogP contribution is -2.29. The van der Waals surface area contributed by atoms with E-state index in [9.17, 15) is 17.6 Å². The topological polar surface area (TPSA) is 89.3 Å². The Morgan fingerprint density at radius 1 is 1.14 bits per heavy atom. The largest absolute Gasteiger partial charge is 0.365 e. The average Bonchev–Trinajstić information content (AvgIpc) is 3.03. The number of sulfonamides is 1. The molecule has 1 heterocycles. The minimum absolute atomic E-state index is 0.0253. The normalized spacial score (nSPS) is 12.7. The average molecular weight is 483 g/mol. The Morgan fingerprint density at radius 3 is 2.36 bits per heavy atom. The van der Waals surface area contributed by atoms with Gasteiger partial charge in [-0.3, -0.25) is 4.79 Å². The number of amides is 1. The minimum atomic E-state index is -4.01. The summed E-state index contributed by atoms with van der Waals surface area (Å²) in [5.41, 5.74) is 6.35. The van der Waals surface area contributed by atoms with E-state index in [2.05, 4.69) is 20.7 Å². The summed E-state index contributed by atoms with van der Waals surface area (Å²) in [4.78, 5) is 12.0. The molecule has 0 aliphatic heterocycles. The van der Waals surface area contributed by atoms with Gasteiger partial charge in [-0.1, -0.05) is 40.2 Å². The Balaban J connectivity index is 2.07. The quantitative estimate of drug-likeness (QED) is 0.553. The number of halogens is 2. The molecule has 0 aliphatic rings. The molecule has 2 aromatic carbocycles. The van der Waals surface area contributed by atoms with Crippen LogP contribution in [0.2, 0.25) is 0 Å². The summed E-state index contributed by atoms with van der Waals surface area (Å²) >= 11 is 4.38. The van der Waals surface area contributed by atoms with Crippen LogP contribution in [0.3, 0.4) is 0 Å². The fourth-order valence-corrected chi connectivity index (χ4v) is 5.85. The summed E-state index contributed by atoms with van der Waals surface area (Å²) in [6, 6.07) is 13.2. The van der Waals surface area contributed by atoms with E-state index in [1.54, 1.807) is 31.2 Å². The van der Waals surface area contributed by atoms with Gasteiger partial charge in [-0.25, -0.2) is 12.8 Å². The second kappa shape index (κ2) is 8.12. The molecule has 5 nitrogen and oxygen atoms in total. The number of primary amides is 1. The maximum atomic E-state index is 13.8. The zero-order valence-corrected chi connectivity index (χ0v) is 17.9. The standard InChI is InChI=1S/C19H16BrFN2O3S2/c1-11-17(10-16(27-11)19(22)24)28(25,26)23-18(12-4-2-6-14(20)8-12)13-5-3-7-15(21)9-13/h2-10,18,23H,1H3,(H2,22,24). The van der Waals surface area contributed by atoms with E-state index < -0.39 is 27.8 Å². The summed E-state index contributed by atoms with van der Waals surface area (Å²) in [7, 11) is -4.01. The van der Waals surface area contributed by atoms with Gasteiger partial charge >= 0.3 is 0 Å². The highest BCUT2D eigenvalue weighted by Crippen LogP contribution is 2.30. The van der Waals surface area contributed by atoms with E-state index in [1.807, 2.05) is 6.07 Å². The predicted molar refractivity (Wildman–Crippen MR) is 110 cm³/mol. The lowest BCUT2D eigenvalue weighted by atomic mass is 10.00. The molecule has 9 heteroatoms. The Bertz CT molecular complexity index is 1100. The highest BCUT2D eigenvalue weighted by atomic mass is 79.9. The van der Waals surface area contributed by atoms with E-state index in [4.69, 9.17) is 5.73 Å². The number of nitrogens with two attached hydrogens (primary N) is 1. The Kier molecular flexibility index (Phi) is 5.99. The molecule has 0 aliphatic carbocycles. The number of carbonyl (C=O) groups is 1. The lowest BCUT2D eigenvalue weighted by Gasteiger charge is -2.20. The molecule has 1 unspecified atom stereocenters. The SMILES string of the molecule is Cc1sc(C(N)=O)cc1S(=O)(=O)NC(c1cccc(F)c1)c1cccc(Br)c1. The first kappa shape index (κ1) is 20.7. The van der Waals surface area contributed by atoms with E-state index >= 15 is 0 Å². The van der Waals surface area contributed by atoms with Crippen LogP contribution < -0.4 is 10.5 Å². The van der Waals surface area contributed by atoms with Crippen LogP contribution in [0, 0.1) is 12.7 Å². The molecule has 0 saturated carbocycles.